The van der Waals surface area contributed by atoms with Crippen molar-refractivity contribution in [3.63, 3.8) is 0 Å². The molecule has 2 amide bonds. The van der Waals surface area contributed by atoms with Crippen molar-refractivity contribution in [2.45, 2.75) is 19.6 Å². The molecule has 0 fully saturated rings. The molecule has 170 valence electrons. The molecule has 0 saturated heterocycles. The monoisotopic (exact) mass is 458 g/mol. The average molecular weight is 458 g/mol. The van der Waals surface area contributed by atoms with E-state index in [0.29, 0.717) is 30.2 Å². The summed E-state index contributed by atoms with van der Waals surface area (Å²) < 4.78 is 30.6. The SMILES string of the molecule is O=C(NCc1cccnc1)c1ccc2n1Cc1ccccc1N(C(=O)c1c(F)cccc1F)C2. The van der Waals surface area contributed by atoms with E-state index in [2.05, 4.69) is 10.3 Å². The third kappa shape index (κ3) is 3.94. The standard InChI is InChI=1S/C26H20F2N4O2/c27-20-7-3-8-21(28)24(20)26(34)32-16-19-10-11-23(25(33)30-14-17-5-4-12-29-13-17)31(19)15-18-6-1-2-9-22(18)32/h1-13H,14-16H2,(H,30,33). The minimum atomic E-state index is -0.919. The summed E-state index contributed by atoms with van der Waals surface area (Å²) in [5.74, 6) is -2.89. The molecule has 8 heteroatoms. The van der Waals surface area contributed by atoms with E-state index in [9.17, 15) is 18.4 Å². The molecule has 0 spiro atoms. The van der Waals surface area contributed by atoms with Crippen molar-refractivity contribution >= 4 is 17.5 Å². The molecule has 4 aromatic rings. The second-order valence-electron chi connectivity index (χ2n) is 7.96. The van der Waals surface area contributed by atoms with Crippen LogP contribution in [0.15, 0.2) is 79.1 Å². The van der Waals surface area contributed by atoms with Gasteiger partial charge in [-0.25, -0.2) is 8.78 Å². The van der Waals surface area contributed by atoms with Gasteiger partial charge >= 0.3 is 0 Å². The number of nitrogens with one attached hydrogen (secondary N) is 1. The Labute approximate surface area is 194 Å². The average Bonchev–Trinajstić information content (AvgIpc) is 3.16. The van der Waals surface area contributed by atoms with E-state index in [0.717, 1.165) is 23.3 Å². The maximum Gasteiger partial charge on any atom is 0.268 e. The Bertz CT molecular complexity index is 1360. The molecule has 6 nitrogen and oxygen atoms in total. The molecule has 2 aromatic carbocycles. The summed E-state index contributed by atoms with van der Waals surface area (Å²) in [7, 11) is 0. The number of rotatable bonds is 4. The summed E-state index contributed by atoms with van der Waals surface area (Å²) in [5.41, 5.74) is 2.66. The molecule has 1 aliphatic heterocycles. The van der Waals surface area contributed by atoms with Crippen LogP contribution in [0.5, 0.6) is 0 Å². The molecule has 5 rings (SSSR count). The normalized spacial score (nSPS) is 12.5. The van der Waals surface area contributed by atoms with E-state index in [1.807, 2.05) is 22.8 Å². The number of carbonyl (C=O) groups excluding carboxylic acids is 2. The third-order valence-electron chi connectivity index (χ3n) is 5.83. The highest BCUT2D eigenvalue weighted by Gasteiger charge is 2.30. The predicted molar refractivity (Wildman–Crippen MR) is 122 cm³/mol. The summed E-state index contributed by atoms with van der Waals surface area (Å²) in [6.07, 6.45) is 3.34. The van der Waals surface area contributed by atoms with Crippen LogP contribution in [0.2, 0.25) is 0 Å². The fraction of sp³-hybridized carbons (Fsp3) is 0.115. The molecule has 2 aromatic heterocycles. The number of fused-ring (bicyclic) bond motifs is 2. The zero-order valence-corrected chi connectivity index (χ0v) is 18.0. The number of pyridine rings is 1. The minimum Gasteiger partial charge on any atom is -0.347 e. The van der Waals surface area contributed by atoms with Gasteiger partial charge in [0.15, 0.2) is 0 Å². The fourth-order valence-electron chi connectivity index (χ4n) is 4.15. The van der Waals surface area contributed by atoms with Gasteiger partial charge in [0.1, 0.15) is 22.9 Å². The lowest BCUT2D eigenvalue weighted by Gasteiger charge is -2.23. The third-order valence-corrected chi connectivity index (χ3v) is 5.83. The van der Waals surface area contributed by atoms with Gasteiger partial charge in [-0.1, -0.05) is 30.3 Å². The molecule has 0 aliphatic carbocycles. The topological polar surface area (TPSA) is 67.2 Å². The first-order valence-corrected chi connectivity index (χ1v) is 10.7. The maximum atomic E-state index is 14.4. The van der Waals surface area contributed by atoms with E-state index in [4.69, 9.17) is 0 Å². The summed E-state index contributed by atoms with van der Waals surface area (Å²) in [6, 6.07) is 17.6. The molecule has 1 N–H and O–H groups in total. The molecular formula is C26H20F2N4O2. The molecule has 0 atom stereocenters. The van der Waals surface area contributed by atoms with Crippen molar-refractivity contribution in [3.05, 3.63) is 119 Å². The number of amides is 2. The number of benzene rings is 2. The van der Waals surface area contributed by atoms with Crippen LogP contribution in [0.25, 0.3) is 0 Å². The Morgan fingerprint density at radius 3 is 2.47 bits per heavy atom. The van der Waals surface area contributed by atoms with Crippen molar-refractivity contribution in [1.82, 2.24) is 14.9 Å². The van der Waals surface area contributed by atoms with Gasteiger partial charge < -0.3 is 14.8 Å². The second kappa shape index (κ2) is 8.90. The van der Waals surface area contributed by atoms with Crippen molar-refractivity contribution < 1.29 is 18.4 Å². The Balaban J connectivity index is 1.49. The number of aromatic nitrogens is 2. The highest BCUT2D eigenvalue weighted by atomic mass is 19.1. The van der Waals surface area contributed by atoms with Crippen LogP contribution >= 0.6 is 0 Å². The smallest absolute Gasteiger partial charge is 0.268 e. The first kappa shape index (κ1) is 21.5. The van der Waals surface area contributed by atoms with Gasteiger partial charge in [0.2, 0.25) is 0 Å². The lowest BCUT2D eigenvalue weighted by molar-refractivity contribution is 0.0941. The number of anilines is 1. The minimum absolute atomic E-state index is 0.0551. The Hall–Kier alpha value is -4.33. The molecule has 0 unspecified atom stereocenters. The molecule has 3 heterocycles. The van der Waals surface area contributed by atoms with Crippen molar-refractivity contribution in [3.8, 4) is 0 Å². The number of nitrogens with zero attached hydrogens (tertiary/aromatic N) is 3. The number of hydrogen-bond donors (Lipinski definition) is 1. The summed E-state index contributed by atoms with van der Waals surface area (Å²) in [5, 5.41) is 2.89. The quantitative estimate of drug-likeness (QED) is 0.496. The summed E-state index contributed by atoms with van der Waals surface area (Å²) in [6.45, 7) is 0.706. The highest BCUT2D eigenvalue weighted by molar-refractivity contribution is 6.07. The van der Waals surface area contributed by atoms with E-state index < -0.39 is 23.1 Å². The molecular weight excluding hydrogens is 438 g/mol. The van der Waals surface area contributed by atoms with Crippen LogP contribution in [-0.2, 0) is 19.6 Å². The van der Waals surface area contributed by atoms with Crippen molar-refractivity contribution in [2.24, 2.45) is 0 Å². The Morgan fingerprint density at radius 2 is 1.71 bits per heavy atom. The Kier molecular flexibility index (Phi) is 5.63. The molecule has 0 saturated carbocycles. The summed E-state index contributed by atoms with van der Waals surface area (Å²) in [4.78, 5) is 31.7. The fourth-order valence-corrected chi connectivity index (χ4v) is 4.15. The lowest BCUT2D eigenvalue weighted by atomic mass is 10.1. The number of para-hydroxylation sites is 1. The van der Waals surface area contributed by atoms with Gasteiger partial charge in [-0.2, -0.15) is 0 Å². The van der Waals surface area contributed by atoms with E-state index >= 15 is 0 Å². The zero-order chi connectivity index (χ0) is 23.7. The second-order valence-corrected chi connectivity index (χ2v) is 7.96. The van der Waals surface area contributed by atoms with Crippen molar-refractivity contribution in [1.29, 1.82) is 0 Å². The predicted octanol–water partition coefficient (Wildman–Crippen LogP) is 4.30. The lowest BCUT2D eigenvalue weighted by Crippen LogP contribution is -2.32. The largest absolute Gasteiger partial charge is 0.347 e. The highest BCUT2D eigenvalue weighted by Crippen LogP contribution is 2.31. The van der Waals surface area contributed by atoms with Crippen LogP contribution in [0.3, 0.4) is 0 Å². The van der Waals surface area contributed by atoms with Gasteiger partial charge in [-0.3, -0.25) is 14.6 Å². The van der Waals surface area contributed by atoms with Crippen LogP contribution < -0.4 is 10.2 Å². The van der Waals surface area contributed by atoms with E-state index in [-0.39, 0.29) is 12.5 Å². The Morgan fingerprint density at radius 1 is 0.912 bits per heavy atom. The van der Waals surface area contributed by atoms with Gasteiger partial charge in [-0.05, 0) is 47.5 Å². The first-order valence-electron chi connectivity index (χ1n) is 10.7. The van der Waals surface area contributed by atoms with Crippen LogP contribution in [0.4, 0.5) is 14.5 Å². The number of carbonyl (C=O) groups is 2. The molecule has 1 aliphatic rings. The van der Waals surface area contributed by atoms with Crippen molar-refractivity contribution in [2.75, 3.05) is 4.90 Å². The maximum absolute atomic E-state index is 14.4. The first-order chi connectivity index (χ1) is 16.5. The molecule has 0 radical (unpaired) electrons. The van der Waals surface area contributed by atoms with Crippen LogP contribution in [-0.4, -0.2) is 21.4 Å². The zero-order valence-electron chi connectivity index (χ0n) is 18.0. The van der Waals surface area contributed by atoms with Crippen LogP contribution in [0.1, 0.15) is 37.7 Å². The summed E-state index contributed by atoms with van der Waals surface area (Å²) >= 11 is 0. The van der Waals surface area contributed by atoms with Crippen LogP contribution in [0, 0.1) is 11.6 Å². The molecule has 34 heavy (non-hydrogen) atoms. The van der Waals surface area contributed by atoms with E-state index in [1.54, 1.807) is 42.7 Å². The van der Waals surface area contributed by atoms with Gasteiger partial charge in [0.05, 0.1) is 13.1 Å². The van der Waals surface area contributed by atoms with E-state index in [1.165, 1.54) is 11.0 Å². The number of hydrogen-bond acceptors (Lipinski definition) is 3. The van der Waals surface area contributed by atoms with Gasteiger partial charge in [0.25, 0.3) is 11.8 Å². The van der Waals surface area contributed by atoms with Gasteiger partial charge in [0, 0.05) is 30.3 Å². The van der Waals surface area contributed by atoms with Gasteiger partial charge in [-0.15, -0.1) is 0 Å². The number of halogens is 2. The molecule has 0 bridgehead atoms.